The number of fused-ring (bicyclic) bond motifs is 2. The van der Waals surface area contributed by atoms with Crippen molar-refractivity contribution < 1.29 is 4.79 Å². The van der Waals surface area contributed by atoms with Crippen molar-refractivity contribution in [2.24, 2.45) is 11.8 Å². The van der Waals surface area contributed by atoms with Crippen LogP contribution in [0.1, 0.15) is 50.0 Å². The van der Waals surface area contributed by atoms with Crippen molar-refractivity contribution in [3.05, 3.63) is 35.9 Å². The van der Waals surface area contributed by atoms with Gasteiger partial charge in [0.1, 0.15) is 0 Å². The Morgan fingerprint density at radius 2 is 1.79 bits per heavy atom. The summed E-state index contributed by atoms with van der Waals surface area (Å²) in [6.45, 7) is 0. The minimum absolute atomic E-state index is 0.0829. The lowest BCUT2D eigenvalue weighted by molar-refractivity contribution is -0.120. The number of amides is 1. The molecule has 5 rings (SSSR count). The molecule has 2 unspecified atom stereocenters. The fraction of sp³-hybridized carbons (Fsp3) is 0.588. The van der Waals surface area contributed by atoms with E-state index in [1.807, 2.05) is 0 Å². The Morgan fingerprint density at radius 3 is 2.42 bits per heavy atom. The number of hydrogen-bond acceptors (Lipinski definition) is 1. The van der Waals surface area contributed by atoms with Crippen LogP contribution in [0.2, 0.25) is 0 Å². The average Bonchev–Trinajstić information content (AvgIpc) is 2.77. The summed E-state index contributed by atoms with van der Waals surface area (Å²) in [4.78, 5) is 12.1. The van der Waals surface area contributed by atoms with Crippen LogP contribution < -0.4 is 5.32 Å². The predicted octanol–water partition coefficient (Wildman–Crippen LogP) is 3.24. The molecular weight excluding hydrogens is 234 g/mol. The molecule has 3 aliphatic carbocycles. The van der Waals surface area contributed by atoms with Crippen LogP contribution in [0.25, 0.3) is 0 Å². The van der Waals surface area contributed by atoms with Crippen LogP contribution in [0.4, 0.5) is 0 Å². The number of hydrogen-bond donors (Lipinski definition) is 1. The number of carbonyl (C=O) groups excluding carboxylic acids is 1. The van der Waals surface area contributed by atoms with Crippen LogP contribution in [-0.4, -0.2) is 11.4 Å². The normalized spacial score (nSPS) is 40.6. The monoisotopic (exact) mass is 255 g/mol. The molecule has 1 heterocycles. The summed E-state index contributed by atoms with van der Waals surface area (Å²) in [5, 5.41) is 3.41. The Kier molecular flexibility index (Phi) is 2.48. The zero-order valence-electron chi connectivity index (χ0n) is 11.3. The molecule has 0 radical (unpaired) electrons. The summed E-state index contributed by atoms with van der Waals surface area (Å²) in [6.07, 6.45) is 7.28. The fourth-order valence-electron chi connectivity index (χ4n) is 4.97. The van der Waals surface area contributed by atoms with E-state index in [0.717, 1.165) is 5.92 Å². The van der Waals surface area contributed by atoms with Gasteiger partial charge in [-0.1, -0.05) is 43.2 Å². The maximum absolute atomic E-state index is 12.1. The van der Waals surface area contributed by atoms with Gasteiger partial charge in [0.05, 0.1) is 5.54 Å². The van der Waals surface area contributed by atoms with Gasteiger partial charge in [0.25, 0.3) is 0 Å². The van der Waals surface area contributed by atoms with Gasteiger partial charge in [0.15, 0.2) is 0 Å². The van der Waals surface area contributed by atoms with Gasteiger partial charge in [-0.2, -0.15) is 0 Å². The van der Waals surface area contributed by atoms with Crippen LogP contribution in [0.5, 0.6) is 0 Å². The topological polar surface area (TPSA) is 29.1 Å². The minimum atomic E-state index is 0.0829. The first-order valence-corrected chi connectivity index (χ1v) is 7.64. The highest BCUT2D eigenvalue weighted by molar-refractivity contribution is 5.81. The molecule has 1 amide bonds. The highest BCUT2D eigenvalue weighted by Gasteiger charge is 2.56. The Morgan fingerprint density at radius 1 is 1.05 bits per heavy atom. The van der Waals surface area contributed by atoms with Crippen LogP contribution in [0, 0.1) is 11.8 Å². The molecule has 2 bridgehead atoms. The molecule has 2 heteroatoms. The molecule has 1 aromatic carbocycles. The Labute approximate surface area is 114 Å². The summed E-state index contributed by atoms with van der Waals surface area (Å²) in [7, 11) is 0. The summed E-state index contributed by atoms with van der Waals surface area (Å²) in [5.74, 6) is 2.21. The summed E-state index contributed by atoms with van der Waals surface area (Å²) in [5.41, 5.74) is 1.44. The number of nitrogens with one attached hydrogen (secondary N) is 1. The van der Waals surface area contributed by atoms with E-state index in [4.69, 9.17) is 0 Å². The number of carbonyl (C=O) groups is 1. The zero-order valence-corrected chi connectivity index (χ0v) is 11.3. The summed E-state index contributed by atoms with van der Waals surface area (Å²) >= 11 is 0. The molecule has 4 fully saturated rings. The maximum Gasteiger partial charge on any atom is 0.221 e. The third-order valence-electron chi connectivity index (χ3n) is 5.79. The maximum atomic E-state index is 12.1. The molecule has 1 spiro atoms. The first-order valence-electron chi connectivity index (χ1n) is 7.64. The largest absolute Gasteiger partial charge is 0.350 e. The standard InChI is InChI=1S/C17H21NO/c19-16-10-15(13-4-2-1-3-5-13)17(18-16)11-12-6-8-14(17)9-7-12/h1-5,12,14-15H,6-11H2,(H,18,19). The summed E-state index contributed by atoms with van der Waals surface area (Å²) < 4.78 is 0. The van der Waals surface area contributed by atoms with Crippen LogP contribution in [-0.2, 0) is 4.79 Å². The van der Waals surface area contributed by atoms with E-state index in [0.29, 0.717) is 18.3 Å². The molecule has 3 saturated carbocycles. The van der Waals surface area contributed by atoms with E-state index >= 15 is 0 Å². The fourth-order valence-corrected chi connectivity index (χ4v) is 4.97. The molecule has 100 valence electrons. The molecule has 2 nitrogen and oxygen atoms in total. The van der Waals surface area contributed by atoms with Gasteiger partial charge in [0.2, 0.25) is 5.91 Å². The third-order valence-corrected chi connectivity index (χ3v) is 5.79. The number of rotatable bonds is 1. The van der Waals surface area contributed by atoms with E-state index < -0.39 is 0 Å². The lowest BCUT2D eigenvalue weighted by atomic mass is 9.56. The highest BCUT2D eigenvalue weighted by atomic mass is 16.2. The van der Waals surface area contributed by atoms with E-state index in [2.05, 4.69) is 35.6 Å². The molecule has 1 aromatic rings. The molecule has 1 aliphatic heterocycles. The smallest absolute Gasteiger partial charge is 0.221 e. The van der Waals surface area contributed by atoms with Gasteiger partial charge in [-0.05, 0) is 36.7 Å². The van der Waals surface area contributed by atoms with Gasteiger partial charge in [-0.3, -0.25) is 4.79 Å². The zero-order chi connectivity index (χ0) is 12.9. The van der Waals surface area contributed by atoms with Crippen molar-refractivity contribution in [3.8, 4) is 0 Å². The Hall–Kier alpha value is -1.31. The molecule has 1 saturated heterocycles. The van der Waals surface area contributed by atoms with Crippen molar-refractivity contribution in [1.29, 1.82) is 0 Å². The van der Waals surface area contributed by atoms with Gasteiger partial charge in [-0.15, -0.1) is 0 Å². The van der Waals surface area contributed by atoms with E-state index in [-0.39, 0.29) is 11.4 Å². The quantitative estimate of drug-likeness (QED) is 0.820. The van der Waals surface area contributed by atoms with Crippen molar-refractivity contribution in [3.63, 3.8) is 0 Å². The van der Waals surface area contributed by atoms with Gasteiger partial charge < -0.3 is 5.32 Å². The predicted molar refractivity (Wildman–Crippen MR) is 74.7 cm³/mol. The first-order chi connectivity index (χ1) is 9.28. The Bertz CT molecular complexity index is 489. The highest BCUT2D eigenvalue weighted by Crippen LogP contribution is 2.55. The first kappa shape index (κ1) is 11.5. The lowest BCUT2D eigenvalue weighted by Crippen LogP contribution is -2.57. The SMILES string of the molecule is O=C1CC(c2ccccc2)C2(CC3CCC2CC3)N1. The molecule has 4 aliphatic rings. The Balaban J connectivity index is 1.75. The second kappa shape index (κ2) is 4.09. The molecule has 1 N–H and O–H groups in total. The van der Waals surface area contributed by atoms with Gasteiger partial charge >= 0.3 is 0 Å². The second-order valence-corrected chi connectivity index (χ2v) is 6.68. The van der Waals surface area contributed by atoms with Gasteiger partial charge in [-0.25, -0.2) is 0 Å². The molecule has 2 atom stereocenters. The number of benzene rings is 1. The van der Waals surface area contributed by atoms with Gasteiger partial charge in [0, 0.05) is 12.3 Å². The van der Waals surface area contributed by atoms with E-state index in [1.165, 1.54) is 37.7 Å². The molecular formula is C17H21NO. The second-order valence-electron chi connectivity index (χ2n) is 6.68. The average molecular weight is 255 g/mol. The van der Waals surface area contributed by atoms with Crippen molar-refractivity contribution in [1.82, 2.24) is 5.32 Å². The van der Waals surface area contributed by atoms with Crippen molar-refractivity contribution in [2.45, 2.75) is 50.0 Å². The van der Waals surface area contributed by atoms with Crippen LogP contribution in [0.15, 0.2) is 30.3 Å². The van der Waals surface area contributed by atoms with Crippen molar-refractivity contribution >= 4 is 5.91 Å². The van der Waals surface area contributed by atoms with E-state index in [9.17, 15) is 4.79 Å². The summed E-state index contributed by atoms with van der Waals surface area (Å²) in [6, 6.07) is 10.7. The van der Waals surface area contributed by atoms with Crippen LogP contribution >= 0.6 is 0 Å². The third kappa shape index (κ3) is 1.65. The molecule has 19 heavy (non-hydrogen) atoms. The van der Waals surface area contributed by atoms with Crippen LogP contribution in [0.3, 0.4) is 0 Å². The van der Waals surface area contributed by atoms with E-state index in [1.54, 1.807) is 0 Å². The lowest BCUT2D eigenvalue weighted by Gasteiger charge is -2.52. The molecule has 0 aromatic heterocycles. The van der Waals surface area contributed by atoms with Crippen molar-refractivity contribution in [2.75, 3.05) is 0 Å². The minimum Gasteiger partial charge on any atom is -0.350 e.